The second kappa shape index (κ2) is 7.54. The van der Waals surface area contributed by atoms with E-state index in [1.54, 1.807) is 26.0 Å². The van der Waals surface area contributed by atoms with Crippen molar-refractivity contribution in [2.45, 2.75) is 44.8 Å². The van der Waals surface area contributed by atoms with Crippen molar-refractivity contribution in [3.05, 3.63) is 29.8 Å². The fourth-order valence-electron chi connectivity index (χ4n) is 3.80. The van der Waals surface area contributed by atoms with Crippen LogP contribution < -0.4 is 10.5 Å². The van der Waals surface area contributed by atoms with Gasteiger partial charge in [-0.3, -0.25) is 14.5 Å². The molecule has 2 saturated heterocycles. The molecule has 136 valence electrons. The van der Waals surface area contributed by atoms with Crippen LogP contribution in [-0.4, -0.2) is 65.9 Å². The van der Waals surface area contributed by atoms with Gasteiger partial charge in [0.25, 0.3) is 0 Å². The van der Waals surface area contributed by atoms with E-state index < -0.39 is 6.04 Å². The van der Waals surface area contributed by atoms with Crippen LogP contribution in [0.3, 0.4) is 0 Å². The van der Waals surface area contributed by atoms with Gasteiger partial charge in [-0.05, 0) is 51.0 Å². The van der Waals surface area contributed by atoms with Gasteiger partial charge in [0.2, 0.25) is 5.91 Å². The van der Waals surface area contributed by atoms with Crippen LogP contribution in [0.1, 0.15) is 37.0 Å². The SMILES string of the molecule is CC(=O)c1ccc(OCCCN2C[C@H]3C[C@@H]2CN3C(=O)[C@H](C)N)cc1. The Morgan fingerprint density at radius 3 is 2.52 bits per heavy atom. The van der Waals surface area contributed by atoms with E-state index in [1.165, 1.54) is 0 Å². The van der Waals surface area contributed by atoms with Crippen molar-refractivity contribution in [1.82, 2.24) is 9.80 Å². The van der Waals surface area contributed by atoms with E-state index in [1.807, 2.05) is 17.0 Å². The monoisotopic (exact) mass is 345 g/mol. The summed E-state index contributed by atoms with van der Waals surface area (Å²) in [5.41, 5.74) is 6.42. The van der Waals surface area contributed by atoms with Crippen LogP contribution in [0.4, 0.5) is 0 Å². The minimum atomic E-state index is -0.407. The van der Waals surface area contributed by atoms with E-state index in [9.17, 15) is 9.59 Å². The number of nitrogens with two attached hydrogens (primary N) is 1. The number of Topliss-reactive ketones (excluding diaryl/α,β-unsaturated/α-hetero) is 1. The lowest BCUT2D eigenvalue weighted by atomic mass is 10.1. The number of carbonyl (C=O) groups excluding carboxylic acids is 2. The van der Waals surface area contributed by atoms with Gasteiger partial charge in [-0.1, -0.05) is 0 Å². The molecule has 6 heteroatoms. The molecular formula is C19H27N3O3. The van der Waals surface area contributed by atoms with Gasteiger partial charge in [0.1, 0.15) is 5.75 Å². The number of fused-ring (bicyclic) bond motifs is 2. The highest BCUT2D eigenvalue weighted by molar-refractivity contribution is 5.94. The molecule has 3 atom stereocenters. The molecule has 0 spiro atoms. The van der Waals surface area contributed by atoms with Gasteiger partial charge >= 0.3 is 0 Å². The molecule has 2 bridgehead atoms. The number of piperazine rings is 1. The largest absolute Gasteiger partial charge is 0.494 e. The summed E-state index contributed by atoms with van der Waals surface area (Å²) in [6.45, 7) is 6.69. The molecule has 1 amide bonds. The number of hydrogen-bond donors (Lipinski definition) is 1. The van der Waals surface area contributed by atoms with Gasteiger partial charge in [0.15, 0.2) is 5.78 Å². The van der Waals surface area contributed by atoms with Gasteiger partial charge < -0.3 is 15.4 Å². The molecule has 0 aromatic heterocycles. The summed E-state index contributed by atoms with van der Waals surface area (Å²) >= 11 is 0. The summed E-state index contributed by atoms with van der Waals surface area (Å²) in [7, 11) is 0. The van der Waals surface area contributed by atoms with Crippen LogP contribution in [0.2, 0.25) is 0 Å². The van der Waals surface area contributed by atoms with E-state index in [-0.39, 0.29) is 11.7 Å². The number of benzene rings is 1. The van der Waals surface area contributed by atoms with Crippen LogP contribution in [0, 0.1) is 0 Å². The fraction of sp³-hybridized carbons (Fsp3) is 0.579. The highest BCUT2D eigenvalue weighted by atomic mass is 16.5. The minimum Gasteiger partial charge on any atom is -0.494 e. The minimum absolute atomic E-state index is 0.0622. The van der Waals surface area contributed by atoms with E-state index in [4.69, 9.17) is 10.5 Å². The standard InChI is InChI=1S/C19H27N3O3/c1-13(20)19(24)22-12-16-10-17(22)11-21(16)8-3-9-25-18-6-4-15(5-7-18)14(2)23/h4-7,13,16-17H,3,8-12,20H2,1-2H3/t13-,16+,17+/m0/s1. The average molecular weight is 345 g/mol. The number of amides is 1. The van der Waals surface area contributed by atoms with E-state index >= 15 is 0 Å². The van der Waals surface area contributed by atoms with Crippen molar-refractivity contribution >= 4 is 11.7 Å². The third-order valence-electron chi connectivity index (χ3n) is 5.15. The number of hydrogen-bond acceptors (Lipinski definition) is 5. The highest BCUT2D eigenvalue weighted by Crippen LogP contribution is 2.31. The predicted molar refractivity (Wildman–Crippen MR) is 95.7 cm³/mol. The van der Waals surface area contributed by atoms with Crippen LogP contribution in [0.25, 0.3) is 0 Å². The van der Waals surface area contributed by atoms with E-state index in [0.717, 1.165) is 38.2 Å². The number of likely N-dealkylation sites (tertiary alicyclic amines) is 2. The Bertz CT molecular complexity index is 629. The lowest BCUT2D eigenvalue weighted by Gasteiger charge is -2.35. The Morgan fingerprint density at radius 2 is 1.96 bits per heavy atom. The first-order valence-electron chi connectivity index (χ1n) is 8.99. The van der Waals surface area contributed by atoms with Crippen molar-refractivity contribution < 1.29 is 14.3 Å². The third-order valence-corrected chi connectivity index (χ3v) is 5.15. The molecule has 0 radical (unpaired) electrons. The zero-order valence-electron chi connectivity index (χ0n) is 15.0. The van der Waals surface area contributed by atoms with Crippen molar-refractivity contribution in [2.75, 3.05) is 26.2 Å². The lowest BCUT2D eigenvalue weighted by Crippen LogP contribution is -2.52. The molecule has 1 aromatic carbocycles. The van der Waals surface area contributed by atoms with Crippen LogP contribution >= 0.6 is 0 Å². The molecule has 0 aliphatic carbocycles. The van der Waals surface area contributed by atoms with Gasteiger partial charge in [0, 0.05) is 37.3 Å². The normalized spacial score (nSPS) is 23.7. The highest BCUT2D eigenvalue weighted by Gasteiger charge is 2.45. The zero-order chi connectivity index (χ0) is 18.0. The smallest absolute Gasteiger partial charge is 0.239 e. The molecule has 3 rings (SSSR count). The first-order valence-corrected chi connectivity index (χ1v) is 8.99. The molecule has 2 aliphatic heterocycles. The van der Waals surface area contributed by atoms with Crippen molar-refractivity contribution in [2.24, 2.45) is 5.73 Å². The first kappa shape index (κ1) is 17.9. The maximum atomic E-state index is 12.1. The topological polar surface area (TPSA) is 75.9 Å². The maximum absolute atomic E-state index is 12.1. The second-order valence-corrected chi connectivity index (χ2v) is 7.10. The van der Waals surface area contributed by atoms with Crippen molar-refractivity contribution in [3.8, 4) is 5.75 Å². The van der Waals surface area contributed by atoms with E-state index in [2.05, 4.69) is 4.90 Å². The Morgan fingerprint density at radius 1 is 1.24 bits per heavy atom. The Labute approximate surface area is 148 Å². The fourth-order valence-corrected chi connectivity index (χ4v) is 3.80. The number of ketones is 1. The molecular weight excluding hydrogens is 318 g/mol. The van der Waals surface area contributed by atoms with Crippen LogP contribution in [-0.2, 0) is 4.79 Å². The lowest BCUT2D eigenvalue weighted by molar-refractivity contribution is -0.134. The molecule has 6 nitrogen and oxygen atoms in total. The summed E-state index contributed by atoms with van der Waals surface area (Å²) in [6.07, 6.45) is 2.00. The van der Waals surface area contributed by atoms with Gasteiger partial charge in [-0.2, -0.15) is 0 Å². The van der Waals surface area contributed by atoms with E-state index in [0.29, 0.717) is 24.3 Å². The number of rotatable bonds is 7. The summed E-state index contributed by atoms with van der Waals surface area (Å²) in [5.74, 6) is 0.929. The zero-order valence-corrected chi connectivity index (χ0v) is 15.0. The molecule has 0 saturated carbocycles. The molecule has 2 N–H and O–H groups in total. The Kier molecular flexibility index (Phi) is 5.39. The maximum Gasteiger partial charge on any atom is 0.239 e. The van der Waals surface area contributed by atoms with Crippen LogP contribution in [0.15, 0.2) is 24.3 Å². The molecule has 0 unspecified atom stereocenters. The summed E-state index contributed by atoms with van der Waals surface area (Å²) in [5, 5.41) is 0. The van der Waals surface area contributed by atoms with Gasteiger partial charge in [0.05, 0.1) is 12.6 Å². The number of ether oxygens (including phenoxy) is 1. The number of nitrogens with zero attached hydrogens (tertiary/aromatic N) is 2. The third kappa shape index (κ3) is 4.02. The summed E-state index contributed by atoms with van der Waals surface area (Å²) < 4.78 is 5.75. The first-order chi connectivity index (χ1) is 12.0. The van der Waals surface area contributed by atoms with Crippen LogP contribution in [0.5, 0.6) is 5.75 Å². The summed E-state index contributed by atoms with van der Waals surface area (Å²) in [4.78, 5) is 27.7. The molecule has 2 heterocycles. The van der Waals surface area contributed by atoms with Crippen molar-refractivity contribution in [3.63, 3.8) is 0 Å². The Hall–Kier alpha value is -1.92. The van der Waals surface area contributed by atoms with Gasteiger partial charge in [-0.25, -0.2) is 0 Å². The predicted octanol–water partition coefficient (Wildman–Crippen LogP) is 1.29. The second-order valence-electron chi connectivity index (χ2n) is 7.10. The molecule has 2 fully saturated rings. The number of carbonyl (C=O) groups is 2. The average Bonchev–Trinajstić information content (AvgIpc) is 3.18. The quantitative estimate of drug-likeness (QED) is 0.595. The molecule has 2 aliphatic rings. The van der Waals surface area contributed by atoms with Crippen molar-refractivity contribution in [1.29, 1.82) is 0 Å². The molecule has 1 aromatic rings. The molecule has 25 heavy (non-hydrogen) atoms. The summed E-state index contributed by atoms with van der Waals surface area (Å²) in [6, 6.07) is 7.64. The Balaban J connectivity index is 1.38. The van der Waals surface area contributed by atoms with Gasteiger partial charge in [-0.15, -0.1) is 0 Å².